The number of anilines is 3. The normalized spacial score (nSPS) is 10.3. The minimum atomic E-state index is 0.0653. The smallest absolute Gasteiger partial charge is 0.224 e. The van der Waals surface area contributed by atoms with Crippen LogP contribution < -0.4 is 15.4 Å². The van der Waals surface area contributed by atoms with Crippen LogP contribution in [0.15, 0.2) is 109 Å². The summed E-state index contributed by atoms with van der Waals surface area (Å²) >= 11 is 0. The lowest BCUT2D eigenvalue weighted by atomic mass is 10.1. The Bertz CT molecular complexity index is 1250. The zero-order valence-corrected chi connectivity index (χ0v) is 24.4. The second-order valence-corrected chi connectivity index (χ2v) is 10.2. The molecule has 6 nitrogen and oxygen atoms in total. The van der Waals surface area contributed by atoms with Crippen molar-refractivity contribution in [2.45, 2.75) is 64.4 Å². The molecule has 4 N–H and O–H groups in total. The van der Waals surface area contributed by atoms with Gasteiger partial charge in [0.15, 0.2) is 0 Å². The van der Waals surface area contributed by atoms with Crippen molar-refractivity contribution >= 4 is 23.0 Å². The molecular formula is C36H44N2O4. The molecule has 0 fully saturated rings. The number of aliphatic hydroxyl groups excluding tert-OH is 1. The highest BCUT2D eigenvalue weighted by Crippen LogP contribution is 2.19. The van der Waals surface area contributed by atoms with E-state index in [9.17, 15) is 4.79 Å². The standard InChI is InChI=1S/C30H38N2O3.C6H6O/c33-24-25-15-21-29(22-16-25)35-23-11-6-4-2-1-3-5-10-14-30(34)32-28-19-17-27(18-20-28)31-26-12-8-7-9-13-26;7-6-4-2-1-3-5-6/h7-9,12-13,15-22,31,33H,1-6,10-11,14,23-24H2,(H,32,34);1-5,7H. The van der Waals surface area contributed by atoms with Gasteiger partial charge >= 0.3 is 0 Å². The fourth-order valence-electron chi connectivity index (χ4n) is 4.31. The third kappa shape index (κ3) is 13.9. The summed E-state index contributed by atoms with van der Waals surface area (Å²) in [6, 6.07) is 34.2. The number of para-hydroxylation sites is 2. The van der Waals surface area contributed by atoms with E-state index in [1.807, 2.05) is 84.9 Å². The van der Waals surface area contributed by atoms with Crippen molar-refractivity contribution in [1.29, 1.82) is 0 Å². The zero-order valence-electron chi connectivity index (χ0n) is 24.4. The van der Waals surface area contributed by atoms with E-state index in [-0.39, 0.29) is 12.5 Å². The van der Waals surface area contributed by atoms with Crippen molar-refractivity contribution < 1.29 is 19.7 Å². The van der Waals surface area contributed by atoms with Crippen molar-refractivity contribution in [1.82, 2.24) is 0 Å². The molecule has 4 aromatic carbocycles. The molecule has 0 atom stereocenters. The second-order valence-electron chi connectivity index (χ2n) is 10.2. The quantitative estimate of drug-likeness (QED) is 0.101. The summed E-state index contributed by atoms with van der Waals surface area (Å²) in [5.74, 6) is 1.27. The van der Waals surface area contributed by atoms with E-state index < -0.39 is 0 Å². The van der Waals surface area contributed by atoms with Gasteiger partial charge in [-0.15, -0.1) is 0 Å². The highest BCUT2D eigenvalue weighted by atomic mass is 16.5. The van der Waals surface area contributed by atoms with Gasteiger partial charge in [0, 0.05) is 23.5 Å². The highest BCUT2D eigenvalue weighted by Gasteiger charge is 2.03. The van der Waals surface area contributed by atoms with Gasteiger partial charge in [0.1, 0.15) is 11.5 Å². The van der Waals surface area contributed by atoms with E-state index in [0.717, 1.165) is 54.2 Å². The Balaban J connectivity index is 0.000000603. The first kappa shape index (κ1) is 32.2. The summed E-state index contributed by atoms with van der Waals surface area (Å²) in [7, 11) is 0. The molecule has 1 amide bonds. The average Bonchev–Trinajstić information content (AvgIpc) is 3.02. The fraction of sp³-hybridized carbons (Fsp3) is 0.306. The first-order valence-electron chi connectivity index (χ1n) is 14.9. The van der Waals surface area contributed by atoms with Crippen molar-refractivity contribution in [3.05, 3.63) is 115 Å². The molecule has 0 aliphatic rings. The first-order chi connectivity index (χ1) is 20.6. The Morgan fingerprint density at radius 2 is 1.12 bits per heavy atom. The molecule has 42 heavy (non-hydrogen) atoms. The predicted molar refractivity (Wildman–Crippen MR) is 172 cm³/mol. The number of amides is 1. The number of aromatic hydroxyl groups is 1. The summed E-state index contributed by atoms with van der Waals surface area (Å²) < 4.78 is 5.74. The molecule has 0 bridgehead atoms. The maximum absolute atomic E-state index is 12.2. The zero-order chi connectivity index (χ0) is 29.7. The monoisotopic (exact) mass is 568 g/mol. The Hall–Kier alpha value is -4.29. The number of nitrogens with one attached hydrogen (secondary N) is 2. The van der Waals surface area contributed by atoms with E-state index in [1.54, 1.807) is 24.3 Å². The molecule has 0 heterocycles. The van der Waals surface area contributed by atoms with Crippen LogP contribution in [0.4, 0.5) is 17.1 Å². The average molecular weight is 569 g/mol. The Morgan fingerprint density at radius 1 is 0.595 bits per heavy atom. The molecule has 4 rings (SSSR count). The number of hydrogen-bond donors (Lipinski definition) is 4. The Labute approximate surface area is 250 Å². The van der Waals surface area contributed by atoms with Crippen LogP contribution in [0.25, 0.3) is 0 Å². The van der Waals surface area contributed by atoms with Gasteiger partial charge in [-0.2, -0.15) is 0 Å². The Morgan fingerprint density at radius 3 is 1.69 bits per heavy atom. The molecule has 4 aromatic rings. The Kier molecular flexibility index (Phi) is 15.1. The van der Waals surface area contributed by atoms with Gasteiger partial charge < -0.3 is 25.6 Å². The van der Waals surface area contributed by atoms with Gasteiger partial charge in [-0.25, -0.2) is 0 Å². The van der Waals surface area contributed by atoms with Crippen LogP contribution in [0, 0.1) is 0 Å². The highest BCUT2D eigenvalue weighted by molar-refractivity contribution is 5.90. The van der Waals surface area contributed by atoms with Crippen molar-refractivity contribution in [2.75, 3.05) is 17.2 Å². The van der Waals surface area contributed by atoms with E-state index in [4.69, 9.17) is 14.9 Å². The molecule has 0 unspecified atom stereocenters. The minimum absolute atomic E-state index is 0.0653. The number of aliphatic hydroxyl groups is 1. The molecule has 222 valence electrons. The lowest BCUT2D eigenvalue weighted by Crippen LogP contribution is -2.10. The molecule has 0 saturated heterocycles. The number of phenolic OH excluding ortho intramolecular Hbond substituents is 1. The van der Waals surface area contributed by atoms with Crippen molar-refractivity contribution in [3.63, 3.8) is 0 Å². The lowest BCUT2D eigenvalue weighted by molar-refractivity contribution is -0.116. The van der Waals surface area contributed by atoms with E-state index in [1.165, 1.54) is 32.1 Å². The fourth-order valence-corrected chi connectivity index (χ4v) is 4.31. The first-order valence-corrected chi connectivity index (χ1v) is 14.9. The number of carbonyl (C=O) groups excluding carboxylic acids is 1. The molecule has 0 radical (unpaired) electrons. The van der Waals surface area contributed by atoms with Crippen LogP contribution in [0.2, 0.25) is 0 Å². The van der Waals surface area contributed by atoms with Gasteiger partial charge in [0.2, 0.25) is 5.91 Å². The van der Waals surface area contributed by atoms with Crippen LogP contribution in [-0.4, -0.2) is 22.7 Å². The third-order valence-electron chi connectivity index (χ3n) is 6.66. The van der Waals surface area contributed by atoms with Gasteiger partial charge in [0.25, 0.3) is 0 Å². The maximum Gasteiger partial charge on any atom is 0.224 e. The topological polar surface area (TPSA) is 90.8 Å². The van der Waals surface area contributed by atoms with Crippen LogP contribution in [0.3, 0.4) is 0 Å². The third-order valence-corrected chi connectivity index (χ3v) is 6.66. The molecule has 0 saturated carbocycles. The van der Waals surface area contributed by atoms with Gasteiger partial charge in [-0.1, -0.05) is 87.1 Å². The summed E-state index contributed by atoms with van der Waals surface area (Å²) in [5, 5.41) is 24.0. The van der Waals surface area contributed by atoms with E-state index >= 15 is 0 Å². The number of ether oxygens (including phenoxy) is 1. The predicted octanol–water partition coefficient (Wildman–Crippen LogP) is 8.84. The minimum Gasteiger partial charge on any atom is -0.508 e. The molecule has 0 spiro atoms. The number of benzene rings is 4. The maximum atomic E-state index is 12.2. The molecule has 0 aliphatic carbocycles. The van der Waals surface area contributed by atoms with Crippen LogP contribution >= 0.6 is 0 Å². The number of phenols is 1. The van der Waals surface area contributed by atoms with E-state index in [0.29, 0.717) is 12.2 Å². The molecule has 0 aromatic heterocycles. The van der Waals surface area contributed by atoms with Crippen molar-refractivity contribution in [3.8, 4) is 11.5 Å². The van der Waals surface area contributed by atoms with Crippen LogP contribution in [-0.2, 0) is 11.4 Å². The summed E-state index contributed by atoms with van der Waals surface area (Å²) in [4.78, 5) is 12.2. The lowest BCUT2D eigenvalue weighted by Gasteiger charge is -2.09. The van der Waals surface area contributed by atoms with Gasteiger partial charge in [-0.05, 0) is 79.1 Å². The van der Waals surface area contributed by atoms with Crippen molar-refractivity contribution in [2.24, 2.45) is 0 Å². The summed E-state index contributed by atoms with van der Waals surface area (Å²) in [6.45, 7) is 0.801. The summed E-state index contributed by atoms with van der Waals surface area (Å²) in [5.41, 5.74) is 3.77. The van der Waals surface area contributed by atoms with Gasteiger partial charge in [-0.3, -0.25) is 4.79 Å². The number of hydrogen-bond acceptors (Lipinski definition) is 5. The van der Waals surface area contributed by atoms with Gasteiger partial charge in [0.05, 0.1) is 13.2 Å². The molecule has 0 aliphatic heterocycles. The molecule has 6 heteroatoms. The largest absolute Gasteiger partial charge is 0.508 e. The number of unbranched alkanes of at least 4 members (excludes halogenated alkanes) is 7. The number of rotatable bonds is 16. The van der Waals surface area contributed by atoms with E-state index in [2.05, 4.69) is 10.6 Å². The second kappa shape index (κ2) is 19.7. The SMILES string of the molecule is O=C(CCCCCCCCCCOc1ccc(CO)cc1)Nc1ccc(Nc2ccccc2)cc1.Oc1ccccc1. The summed E-state index contributed by atoms with van der Waals surface area (Å²) in [6.07, 6.45) is 9.70. The van der Waals surface area contributed by atoms with Crippen LogP contribution in [0.1, 0.15) is 63.4 Å². The van der Waals surface area contributed by atoms with Crippen LogP contribution in [0.5, 0.6) is 11.5 Å². The number of carbonyl (C=O) groups is 1. The molecular weight excluding hydrogens is 524 g/mol.